The number of hydrogen-bond donors (Lipinski definition) is 6. The first kappa shape index (κ1) is 44.1. The normalized spacial score (nSPS) is 14.1. The third-order valence-electron chi connectivity index (χ3n) is 10.1. The molecule has 6 aromatic rings. The van der Waals surface area contributed by atoms with E-state index in [1.165, 1.54) is 23.5 Å². The minimum absolute atomic E-state index is 0.0335. The first-order valence-corrected chi connectivity index (χ1v) is 21.4. The zero-order valence-electron chi connectivity index (χ0n) is 33.1. The minimum atomic E-state index is -3.75. The molecule has 3 aromatic heterocycles. The number of sulfonamides is 1. The average Bonchev–Trinajstić information content (AvgIpc) is 3.83. The second kappa shape index (κ2) is 18.9. The van der Waals surface area contributed by atoms with Crippen molar-refractivity contribution in [3.05, 3.63) is 123 Å². The number of halogens is 1. The molecule has 320 valence electrons. The summed E-state index contributed by atoms with van der Waals surface area (Å²) in [6, 6.07) is 19.8. The number of nitrogens with zero attached hydrogens (tertiary/aromatic N) is 3. The van der Waals surface area contributed by atoms with E-state index in [-0.39, 0.29) is 35.8 Å². The number of fused-ring (bicyclic) bond motifs is 4. The number of carbonyl (C=O) groups is 4. The second-order valence-corrected chi connectivity index (χ2v) is 17.3. The zero-order chi connectivity index (χ0) is 44.0. The number of benzene rings is 3. The smallest absolute Gasteiger partial charge is 0.326 e. The van der Waals surface area contributed by atoms with Crippen LogP contribution in [0, 0.1) is 12.7 Å². The molecule has 19 heteroatoms. The Kier molecular flexibility index (Phi) is 13.6. The van der Waals surface area contributed by atoms with Gasteiger partial charge in [0.25, 0.3) is 11.5 Å². The molecule has 16 nitrogen and oxygen atoms in total. The number of para-hydroxylation sites is 1. The Hall–Kier alpha value is -6.44. The standard InChI is InChI=1S/C21H21FN2O4S.C21H22N4O6S/c22-14-5-8-16(9-6-14)29(27,28)23-15-7-10-20-18(13-15)17-3-1-2-4-19(17)24(20)12-11-21(25)26;1-11-22-14-4-3-12(9-13(14)19(28)23-11)10-25(2)17-7-6-16(32-17)20(29)24-15(21(30)31)5-8-18(26)27/h1-6,8-9,15,23H,7,10-13H2,(H,25,26);3-4,6-7,9,15H,5,8,10H2,1-2H3,(H,24,29)(H,26,27)(H,30,31)(H,22,23,28)/t2*15-/m10/s1. The summed E-state index contributed by atoms with van der Waals surface area (Å²) in [7, 11) is -1.91. The molecule has 1 aliphatic rings. The third kappa shape index (κ3) is 10.8. The molecule has 0 fully saturated rings. The molecule has 0 radical (unpaired) electrons. The molecule has 0 unspecified atom stereocenters. The van der Waals surface area contributed by atoms with E-state index >= 15 is 0 Å². The van der Waals surface area contributed by atoms with Gasteiger partial charge in [-0.15, -0.1) is 11.3 Å². The molecule has 61 heavy (non-hydrogen) atoms. The molecule has 0 aliphatic heterocycles. The average molecular weight is 875 g/mol. The number of rotatable bonds is 15. The molecule has 3 heterocycles. The lowest BCUT2D eigenvalue weighted by Crippen LogP contribution is -2.40. The van der Waals surface area contributed by atoms with E-state index in [9.17, 15) is 41.9 Å². The number of carboxylic acids is 3. The van der Waals surface area contributed by atoms with Crippen LogP contribution in [0.2, 0.25) is 0 Å². The van der Waals surface area contributed by atoms with Gasteiger partial charge >= 0.3 is 17.9 Å². The van der Waals surface area contributed by atoms with Crippen molar-refractivity contribution < 1.29 is 47.3 Å². The van der Waals surface area contributed by atoms with Crippen molar-refractivity contribution in [2.45, 2.75) is 75.5 Å². The molecule has 1 amide bonds. The molecule has 7 rings (SSSR count). The van der Waals surface area contributed by atoms with Crippen LogP contribution in [-0.4, -0.2) is 81.2 Å². The highest BCUT2D eigenvalue weighted by Gasteiger charge is 2.29. The third-order valence-corrected chi connectivity index (χ3v) is 12.9. The number of nitrogens with one attached hydrogen (secondary N) is 3. The van der Waals surface area contributed by atoms with E-state index < -0.39 is 45.7 Å². The van der Waals surface area contributed by atoms with E-state index in [4.69, 9.17) is 10.2 Å². The monoisotopic (exact) mass is 874 g/mol. The Morgan fingerprint density at radius 3 is 2.41 bits per heavy atom. The molecule has 0 spiro atoms. The number of carbonyl (C=O) groups excluding carboxylic acids is 1. The number of aromatic nitrogens is 3. The van der Waals surface area contributed by atoms with Crippen molar-refractivity contribution in [1.82, 2.24) is 24.6 Å². The number of anilines is 1. The van der Waals surface area contributed by atoms with E-state index in [1.54, 1.807) is 31.2 Å². The van der Waals surface area contributed by atoms with Gasteiger partial charge in [0.05, 0.1) is 32.1 Å². The summed E-state index contributed by atoms with van der Waals surface area (Å²) in [5, 5.41) is 31.7. The van der Waals surface area contributed by atoms with Crippen molar-refractivity contribution in [2.24, 2.45) is 0 Å². The topological polar surface area (TPSA) is 241 Å². The molecule has 0 saturated carbocycles. The number of aromatic amines is 1. The molecule has 1 aliphatic carbocycles. The van der Waals surface area contributed by atoms with Gasteiger partial charge in [0.2, 0.25) is 10.0 Å². The van der Waals surface area contributed by atoms with Gasteiger partial charge in [0.1, 0.15) is 17.7 Å². The van der Waals surface area contributed by atoms with Gasteiger partial charge in [-0.25, -0.2) is 27.3 Å². The molecule has 6 N–H and O–H groups in total. The molecule has 0 bridgehead atoms. The molecular weight excluding hydrogens is 832 g/mol. The number of aliphatic carboxylic acids is 3. The maximum Gasteiger partial charge on any atom is 0.326 e. The maximum absolute atomic E-state index is 13.1. The molecular formula is C42H43FN6O10S2. The fourth-order valence-electron chi connectivity index (χ4n) is 7.23. The number of amides is 1. The van der Waals surface area contributed by atoms with Gasteiger partial charge in [-0.3, -0.25) is 19.2 Å². The summed E-state index contributed by atoms with van der Waals surface area (Å²) in [6.07, 6.45) is 1.25. The Morgan fingerprint density at radius 1 is 0.984 bits per heavy atom. The SMILES string of the molecule is Cc1nc2ccc(CN(C)c3ccc(C(=O)N[C@@H](CCC(=O)O)C(=O)O)s3)cc2c(=O)[nH]1.O=C(O)CCn1c2c(c3ccccc31)C[C@H](NS(=O)(=O)c1ccc(F)cc1)CC2. The van der Waals surface area contributed by atoms with Crippen molar-refractivity contribution in [1.29, 1.82) is 0 Å². The van der Waals surface area contributed by atoms with Gasteiger partial charge in [0.15, 0.2) is 0 Å². The van der Waals surface area contributed by atoms with Crippen LogP contribution in [0.15, 0.2) is 88.6 Å². The predicted molar refractivity (Wildman–Crippen MR) is 226 cm³/mol. The van der Waals surface area contributed by atoms with Crippen molar-refractivity contribution in [2.75, 3.05) is 11.9 Å². The van der Waals surface area contributed by atoms with Crippen molar-refractivity contribution in [3.8, 4) is 0 Å². The first-order valence-electron chi connectivity index (χ1n) is 19.1. The van der Waals surface area contributed by atoms with E-state index in [2.05, 4.69) is 20.0 Å². The zero-order valence-corrected chi connectivity index (χ0v) is 34.7. The summed E-state index contributed by atoms with van der Waals surface area (Å²) in [5.74, 6) is -3.79. The number of hydrogen-bond acceptors (Lipinski definition) is 10. The largest absolute Gasteiger partial charge is 0.481 e. The van der Waals surface area contributed by atoms with E-state index in [0.717, 1.165) is 44.9 Å². The van der Waals surface area contributed by atoms with Gasteiger partial charge in [-0.05, 0) is 98.3 Å². The lowest BCUT2D eigenvalue weighted by atomic mass is 9.92. The highest BCUT2D eigenvalue weighted by molar-refractivity contribution is 7.89. The van der Waals surface area contributed by atoms with E-state index in [0.29, 0.717) is 54.0 Å². The summed E-state index contributed by atoms with van der Waals surface area (Å²) in [5.41, 5.74) is 4.40. The lowest BCUT2D eigenvalue weighted by molar-refractivity contribution is -0.141. The van der Waals surface area contributed by atoms with Gasteiger partial charge < -0.3 is 35.1 Å². The maximum atomic E-state index is 13.1. The van der Waals surface area contributed by atoms with Crippen LogP contribution in [-0.2, 0) is 50.3 Å². The number of H-pyrrole nitrogens is 1. The fourth-order valence-corrected chi connectivity index (χ4v) is 9.37. The molecule has 3 aromatic carbocycles. The van der Waals surface area contributed by atoms with Crippen molar-refractivity contribution >= 4 is 72.0 Å². The number of thiophene rings is 1. The van der Waals surface area contributed by atoms with Crippen LogP contribution in [0.5, 0.6) is 0 Å². The van der Waals surface area contributed by atoms with Crippen molar-refractivity contribution in [3.63, 3.8) is 0 Å². The fraction of sp³-hybridized carbons (Fsp3) is 0.286. The Balaban J connectivity index is 0.000000205. The summed E-state index contributed by atoms with van der Waals surface area (Å²) < 4.78 is 43.2. The van der Waals surface area contributed by atoms with E-state index in [1.807, 2.05) is 46.8 Å². The van der Waals surface area contributed by atoms with Crippen LogP contribution < -0.4 is 20.5 Å². The molecule has 0 saturated heterocycles. The summed E-state index contributed by atoms with van der Waals surface area (Å²) in [6.45, 7) is 2.58. The highest BCUT2D eigenvalue weighted by atomic mass is 32.2. The Bertz CT molecular complexity index is 2780. The molecule has 2 atom stereocenters. The first-order chi connectivity index (χ1) is 29.0. The highest BCUT2D eigenvalue weighted by Crippen LogP contribution is 2.33. The van der Waals surface area contributed by atoms with Gasteiger partial charge in [-0.2, -0.15) is 0 Å². The van der Waals surface area contributed by atoms with Crippen LogP contribution >= 0.6 is 11.3 Å². The lowest BCUT2D eigenvalue weighted by Gasteiger charge is -2.25. The summed E-state index contributed by atoms with van der Waals surface area (Å²) in [4.78, 5) is 66.9. The van der Waals surface area contributed by atoms with Crippen LogP contribution in [0.25, 0.3) is 21.8 Å². The van der Waals surface area contributed by atoms with Crippen LogP contribution in [0.3, 0.4) is 0 Å². The number of aryl methyl sites for hydroxylation is 2. The van der Waals surface area contributed by atoms with Gasteiger partial charge in [-0.1, -0.05) is 24.3 Å². The second-order valence-electron chi connectivity index (χ2n) is 14.5. The minimum Gasteiger partial charge on any atom is -0.481 e. The summed E-state index contributed by atoms with van der Waals surface area (Å²) >= 11 is 1.18. The predicted octanol–water partition coefficient (Wildman–Crippen LogP) is 5.07. The number of carboxylic acid groups (broad SMARTS) is 3. The quantitative estimate of drug-likeness (QED) is 0.0793. The van der Waals surface area contributed by atoms with Crippen LogP contribution in [0.4, 0.5) is 9.39 Å². The Labute approximate surface area is 352 Å². The van der Waals surface area contributed by atoms with Gasteiger partial charge in [0, 0.05) is 49.2 Å². The Morgan fingerprint density at radius 2 is 1.70 bits per heavy atom. The van der Waals surface area contributed by atoms with Crippen LogP contribution in [0.1, 0.15) is 58.0 Å².